The Hall–Kier alpha value is -7.56. The molecule has 4 aliphatic heterocycles. The van der Waals surface area contributed by atoms with Crippen molar-refractivity contribution < 1.29 is 38.4 Å². The molecule has 0 bridgehead atoms. The smallest absolute Gasteiger partial charge is 0.272 e. The molecule has 6 fully saturated rings. The summed E-state index contributed by atoms with van der Waals surface area (Å²) in [5, 5.41) is 17.7. The van der Waals surface area contributed by atoms with Gasteiger partial charge >= 0.3 is 0 Å². The van der Waals surface area contributed by atoms with Crippen LogP contribution >= 0.6 is 0 Å². The maximum absolute atomic E-state index is 12.0. The first kappa shape index (κ1) is 75.7. The molecule has 3 atom stereocenters. The van der Waals surface area contributed by atoms with Crippen molar-refractivity contribution in [1.82, 2.24) is 78.7 Å². The Morgan fingerprint density at radius 2 is 0.787 bits per heavy atom. The molecule has 498 valence electrons. The van der Waals surface area contributed by atoms with Gasteiger partial charge in [0.1, 0.15) is 22.8 Å². The number of amides is 8. The first-order chi connectivity index (χ1) is 41.6. The minimum atomic E-state index is -0.647. The Morgan fingerprint density at radius 1 is 0.461 bits per heavy atom. The van der Waals surface area contributed by atoms with Crippen LogP contribution in [-0.4, -0.2) is 249 Å². The fourth-order valence-corrected chi connectivity index (χ4v) is 10.1. The quantitative estimate of drug-likeness (QED) is 0.151. The van der Waals surface area contributed by atoms with E-state index in [1.54, 1.807) is 61.3 Å². The number of hydrogen-bond acceptors (Lipinski definition) is 16. The molecule has 28 heteroatoms. The summed E-state index contributed by atoms with van der Waals surface area (Å²) in [6.07, 6.45) is 9.09. The van der Waals surface area contributed by atoms with E-state index in [2.05, 4.69) is 101 Å². The van der Waals surface area contributed by atoms with E-state index in [1.165, 1.54) is 144 Å². The van der Waals surface area contributed by atoms with Gasteiger partial charge in [-0.25, -0.2) is 0 Å². The summed E-state index contributed by atoms with van der Waals surface area (Å²) in [5.41, 5.74) is 22.0. The van der Waals surface area contributed by atoms with Gasteiger partial charge in [-0.3, -0.25) is 57.1 Å². The van der Waals surface area contributed by atoms with E-state index in [0.717, 1.165) is 48.3 Å². The predicted octanol–water partition coefficient (Wildman–Crippen LogP) is 1.93. The van der Waals surface area contributed by atoms with Crippen LogP contribution in [0, 0.1) is 35.5 Å². The molecule has 89 heavy (non-hydrogen) atoms. The third-order valence-corrected chi connectivity index (χ3v) is 16.7. The lowest BCUT2D eigenvalue weighted by Crippen LogP contribution is -2.30. The van der Waals surface area contributed by atoms with Gasteiger partial charge in [-0.05, 0) is 148 Å². The number of hydrogen-bond donors (Lipinski definition) is 5. The lowest BCUT2D eigenvalue weighted by Gasteiger charge is -2.26. The second kappa shape index (κ2) is 35.6. The summed E-state index contributed by atoms with van der Waals surface area (Å²) in [7, 11) is 23.4. The normalized spacial score (nSPS) is 19.6. The highest BCUT2D eigenvalue weighted by atomic mass is 16.2. The van der Waals surface area contributed by atoms with Crippen molar-refractivity contribution in [3.05, 3.63) is 69.8 Å². The molecule has 6 aliphatic rings. The molecule has 0 aromatic carbocycles. The molecule has 10 rings (SSSR count). The molecule has 0 spiro atoms. The van der Waals surface area contributed by atoms with Crippen molar-refractivity contribution in [2.45, 2.75) is 85.6 Å². The number of primary amides is 4. The number of nitrogens with two attached hydrogens (primary N) is 4. The van der Waals surface area contributed by atoms with Gasteiger partial charge in [-0.1, -0.05) is 27.7 Å². The highest BCUT2D eigenvalue weighted by Crippen LogP contribution is 2.50. The molecule has 9 N–H and O–H groups in total. The third kappa shape index (κ3) is 24.4. The monoisotopic (exact) mass is 1250 g/mol. The van der Waals surface area contributed by atoms with Crippen LogP contribution in [0.3, 0.4) is 0 Å². The molecule has 28 nitrogen and oxygen atoms in total. The molecule has 0 radical (unpaired) electrons. The van der Waals surface area contributed by atoms with Crippen LogP contribution in [0.5, 0.6) is 0 Å². The van der Waals surface area contributed by atoms with Gasteiger partial charge in [0.2, 0.25) is 0 Å². The molecule has 8 amide bonds. The van der Waals surface area contributed by atoms with E-state index < -0.39 is 23.6 Å². The van der Waals surface area contributed by atoms with Crippen LogP contribution < -0.4 is 28.3 Å². The molecule has 4 aromatic rings. The summed E-state index contributed by atoms with van der Waals surface area (Å²) >= 11 is 0. The number of aryl methyl sites for hydroxylation is 4. The number of nitrogens with one attached hydrogen (secondary N) is 1. The summed E-state index contributed by atoms with van der Waals surface area (Å²) < 4.78 is 5.39. The van der Waals surface area contributed by atoms with Gasteiger partial charge in [-0.2, -0.15) is 20.4 Å². The van der Waals surface area contributed by atoms with Gasteiger partial charge in [-0.15, -0.1) is 0 Å². The maximum atomic E-state index is 12.0. The van der Waals surface area contributed by atoms with E-state index in [4.69, 9.17) is 22.9 Å². The molecular formula is C61H106N20O8. The fraction of sp³-hybridized carbons (Fsp3) is 0.672. The lowest BCUT2D eigenvalue weighted by molar-refractivity contribution is 0.0770. The second-order valence-electron chi connectivity index (χ2n) is 24.9. The largest absolute Gasteiger partial charge is 0.364 e. The first-order valence-corrected chi connectivity index (χ1v) is 30.7. The summed E-state index contributed by atoms with van der Waals surface area (Å²) in [6.45, 7) is 22.4. The molecule has 2 saturated carbocycles. The van der Waals surface area contributed by atoms with Crippen molar-refractivity contribution in [2.24, 2.45) is 86.6 Å². The summed E-state index contributed by atoms with van der Waals surface area (Å²) in [6, 6.07) is 5.89. The van der Waals surface area contributed by atoms with Gasteiger partial charge in [0.25, 0.3) is 47.3 Å². The fourth-order valence-electron chi connectivity index (χ4n) is 10.1. The lowest BCUT2D eigenvalue weighted by atomic mass is 10.00. The minimum Gasteiger partial charge on any atom is -0.364 e. The Kier molecular flexibility index (Phi) is 30.3. The van der Waals surface area contributed by atoms with E-state index in [9.17, 15) is 38.4 Å². The van der Waals surface area contributed by atoms with Gasteiger partial charge in [0.05, 0.1) is 0 Å². The standard InChI is InChI=1S/C10H14N4O2.C9H14N4O2.C8H12N4O2.C7H10N4O2.C7H13N.2C7H15N.C6H13N/c1-13(6-3-4-6)10(16)8-5-7(9(11)15)12-14(8)2;1-4-12(2)9(15)7-5-6(8(10)14)11-13(7)3;1-11(2)8(14)6-4-5(7(9)13)10-12(6)3;1-9-7(13)5-3-4(6(8)12)10-11(5)2;1-5-6-3-8(2)4-7(5)6;2*1-7-3-5-8(2)6-4-7;1-6-3-4-7(2)5-6/h5-6H,3-4H2,1-2H3,(H2,11,15);5H,4H2,1-3H3,(H2,10,14);4H,1-3H3,(H2,9,13);3H,1-2H3,(H2,8,12)(H,9,13);5-7H,3-4H2,1-2H3;2*7H,3-6H2,1-2H3;6H,3-5H2,1-2H3/t;;;;;;;6-/m.......1/s1. The van der Waals surface area contributed by atoms with Crippen LogP contribution in [-0.2, 0) is 28.2 Å². The topological polar surface area (TPSA) is 347 Å². The van der Waals surface area contributed by atoms with Crippen LogP contribution in [0.1, 0.15) is 163 Å². The van der Waals surface area contributed by atoms with Crippen molar-refractivity contribution in [3.63, 3.8) is 0 Å². The number of likely N-dealkylation sites (tertiary alicyclic amines) is 4. The zero-order chi connectivity index (χ0) is 67.3. The maximum Gasteiger partial charge on any atom is 0.272 e. The zero-order valence-corrected chi connectivity index (χ0v) is 56.4. The Labute approximate surface area is 526 Å². The Bertz CT molecular complexity index is 2900. The minimum absolute atomic E-state index is 0.0844. The average Bonchev–Trinajstić information content (AvgIpc) is 1.72. The van der Waals surface area contributed by atoms with E-state index in [0.29, 0.717) is 35.4 Å². The molecule has 4 aromatic heterocycles. The van der Waals surface area contributed by atoms with Crippen molar-refractivity contribution in [1.29, 1.82) is 0 Å². The van der Waals surface area contributed by atoms with Gasteiger partial charge < -0.3 is 62.6 Å². The van der Waals surface area contributed by atoms with Crippen LogP contribution in [0.4, 0.5) is 0 Å². The number of carbonyl (C=O) groups is 8. The zero-order valence-electron chi connectivity index (χ0n) is 56.4. The number of rotatable bonds is 10. The summed E-state index contributed by atoms with van der Waals surface area (Å²) in [4.78, 5) is 104. The van der Waals surface area contributed by atoms with Crippen LogP contribution in [0.25, 0.3) is 0 Å². The SMILES string of the molecule is CC1C2CN(C)CC12.CC1CCN(C)CC1.CC1CCN(C)CC1.CCN(C)C(=O)c1cc(C(N)=O)nn1C.CN(C(=O)c1cc(C(N)=O)nn1C)C1CC1.CN(C)C(=O)c1cc(C(N)=O)nn1C.CNC(=O)c1cc(C(N)=O)nn1C.C[C@@H]1CCN(C)C1. The van der Waals surface area contributed by atoms with Crippen molar-refractivity contribution in [2.75, 3.05) is 122 Å². The van der Waals surface area contributed by atoms with E-state index >= 15 is 0 Å². The molecule has 8 heterocycles. The Balaban J connectivity index is 0.000000270. The van der Waals surface area contributed by atoms with Crippen molar-refractivity contribution in [3.8, 4) is 0 Å². The highest BCUT2D eigenvalue weighted by molar-refractivity contribution is 5.99. The molecule has 4 saturated heterocycles. The molecule has 2 aliphatic carbocycles. The number of carbonyl (C=O) groups excluding carboxylic acids is 8. The van der Waals surface area contributed by atoms with E-state index in [1.807, 2.05) is 6.92 Å². The second-order valence-corrected chi connectivity index (χ2v) is 24.9. The first-order valence-electron chi connectivity index (χ1n) is 30.7. The molecular weight excluding hydrogens is 1140 g/mol. The predicted molar refractivity (Wildman–Crippen MR) is 343 cm³/mol. The third-order valence-electron chi connectivity index (χ3n) is 16.7. The van der Waals surface area contributed by atoms with Crippen LogP contribution in [0.2, 0.25) is 0 Å². The number of aromatic nitrogens is 8. The van der Waals surface area contributed by atoms with Crippen LogP contribution in [0.15, 0.2) is 24.3 Å². The molecule has 2 unspecified atom stereocenters. The highest BCUT2D eigenvalue weighted by Gasteiger charge is 2.51. The summed E-state index contributed by atoms with van der Waals surface area (Å²) in [5.74, 6) is 2.77. The Morgan fingerprint density at radius 3 is 1.04 bits per heavy atom. The van der Waals surface area contributed by atoms with Gasteiger partial charge in [0.15, 0.2) is 22.8 Å². The van der Waals surface area contributed by atoms with Crippen molar-refractivity contribution >= 4 is 47.3 Å². The average molecular weight is 1250 g/mol. The van der Waals surface area contributed by atoms with E-state index in [-0.39, 0.29) is 46.4 Å². The number of piperidine rings is 3. The number of nitrogens with zero attached hydrogens (tertiary/aromatic N) is 15. The van der Waals surface area contributed by atoms with Gasteiger partial charge in [0, 0.05) is 120 Å². The number of fused-ring (bicyclic) bond motifs is 1.